The van der Waals surface area contributed by atoms with Gasteiger partial charge in [0, 0.05) is 5.39 Å². The van der Waals surface area contributed by atoms with Gasteiger partial charge in [-0.15, -0.1) is 0 Å². The highest BCUT2D eigenvalue weighted by molar-refractivity contribution is 5.84. The van der Waals surface area contributed by atoms with E-state index in [-0.39, 0.29) is 11.6 Å². The Balaban J connectivity index is 1.41. The van der Waals surface area contributed by atoms with Crippen LogP contribution < -0.4 is 4.74 Å². The Hall–Kier alpha value is -3.41. The Kier molecular flexibility index (Phi) is 8.80. The fourth-order valence-corrected chi connectivity index (χ4v) is 4.51. The number of rotatable bonds is 11. The first-order chi connectivity index (χ1) is 17.8. The molecule has 0 radical (unpaired) electrons. The Morgan fingerprint density at radius 3 is 1.97 bits per heavy atom. The lowest BCUT2D eigenvalue weighted by Crippen LogP contribution is -2.04. The molecule has 0 atom stereocenters. The minimum atomic E-state index is -3.10. The van der Waals surface area contributed by atoms with Gasteiger partial charge in [-0.3, -0.25) is 0 Å². The number of alkyl halides is 2. The van der Waals surface area contributed by atoms with Crippen molar-refractivity contribution >= 4 is 10.8 Å². The number of fused-ring (bicyclic) bond motifs is 1. The number of aryl methyl sites for hydroxylation is 5. The molecule has 0 aliphatic carbocycles. The van der Waals surface area contributed by atoms with Gasteiger partial charge in [0.25, 0.3) is 0 Å². The summed E-state index contributed by atoms with van der Waals surface area (Å²) >= 11 is 0. The Labute approximate surface area is 213 Å². The van der Waals surface area contributed by atoms with Gasteiger partial charge in [0.2, 0.25) is 0 Å². The number of benzene rings is 4. The monoisotopic (exact) mass is 512 g/mol. The van der Waals surface area contributed by atoms with Crippen LogP contribution in [0, 0.1) is 17.5 Å². The fourth-order valence-electron chi connectivity index (χ4n) is 4.51. The van der Waals surface area contributed by atoms with E-state index in [0.29, 0.717) is 47.8 Å². The quantitative estimate of drug-likeness (QED) is 0.183. The molecule has 0 fully saturated rings. The third-order valence-electron chi connectivity index (χ3n) is 6.61. The van der Waals surface area contributed by atoms with E-state index in [1.807, 2.05) is 30.3 Å². The first kappa shape index (κ1) is 26.6. The Morgan fingerprint density at radius 1 is 0.649 bits per heavy atom. The van der Waals surface area contributed by atoms with Gasteiger partial charge in [0.15, 0.2) is 11.6 Å². The molecule has 4 aromatic rings. The van der Waals surface area contributed by atoms with Crippen molar-refractivity contribution in [2.24, 2.45) is 0 Å². The Bertz CT molecular complexity index is 1370. The molecule has 0 aliphatic rings. The standard InChI is InChI=1S/C31H29F5O/c1-2-3-4-20-5-10-23(27(32)18-20)11-6-21-8-15-26-25(17-21)14-13-24(30(26)34)12-7-22-9-16-29(28(33)19-22)37-31(35)36/h5,8-10,13-19,31H,2-4,6-7,11-12H2,1H3. The maximum atomic E-state index is 15.2. The predicted molar refractivity (Wildman–Crippen MR) is 137 cm³/mol. The van der Waals surface area contributed by atoms with Crippen LogP contribution in [0.15, 0.2) is 66.7 Å². The van der Waals surface area contributed by atoms with Crippen molar-refractivity contribution in [1.82, 2.24) is 0 Å². The summed E-state index contributed by atoms with van der Waals surface area (Å²) in [7, 11) is 0. The molecule has 0 saturated heterocycles. The minimum Gasteiger partial charge on any atom is -0.432 e. The highest BCUT2D eigenvalue weighted by Crippen LogP contribution is 2.26. The van der Waals surface area contributed by atoms with Crippen LogP contribution in [-0.2, 0) is 32.1 Å². The molecule has 0 N–H and O–H groups in total. The summed E-state index contributed by atoms with van der Waals surface area (Å²) < 4.78 is 72.4. The summed E-state index contributed by atoms with van der Waals surface area (Å²) in [4.78, 5) is 0. The summed E-state index contributed by atoms with van der Waals surface area (Å²) in [6.07, 6.45) is 4.86. The molecule has 4 rings (SSSR count). The summed E-state index contributed by atoms with van der Waals surface area (Å²) in [6, 6.07) is 18.3. The molecular formula is C31H29F5O. The topological polar surface area (TPSA) is 9.23 Å². The van der Waals surface area contributed by atoms with Crippen molar-refractivity contribution in [3.8, 4) is 5.75 Å². The average molecular weight is 513 g/mol. The van der Waals surface area contributed by atoms with Crippen LogP contribution in [0.1, 0.15) is 47.6 Å². The van der Waals surface area contributed by atoms with Gasteiger partial charge < -0.3 is 4.74 Å². The lowest BCUT2D eigenvalue weighted by atomic mass is 9.97. The van der Waals surface area contributed by atoms with E-state index < -0.39 is 18.2 Å². The first-order valence-corrected chi connectivity index (χ1v) is 12.5. The zero-order chi connectivity index (χ0) is 26.4. The van der Waals surface area contributed by atoms with E-state index in [9.17, 15) is 17.6 Å². The fraction of sp³-hybridized carbons (Fsp3) is 0.290. The number of hydrogen-bond acceptors (Lipinski definition) is 1. The molecular weight excluding hydrogens is 483 g/mol. The minimum absolute atomic E-state index is 0.179. The van der Waals surface area contributed by atoms with E-state index in [4.69, 9.17) is 0 Å². The van der Waals surface area contributed by atoms with Gasteiger partial charge >= 0.3 is 6.61 Å². The molecule has 37 heavy (non-hydrogen) atoms. The van der Waals surface area contributed by atoms with E-state index in [1.165, 1.54) is 6.07 Å². The van der Waals surface area contributed by atoms with Crippen LogP contribution in [-0.4, -0.2) is 6.61 Å². The van der Waals surface area contributed by atoms with Crippen LogP contribution >= 0.6 is 0 Å². The van der Waals surface area contributed by atoms with Crippen LogP contribution in [0.25, 0.3) is 10.8 Å². The molecule has 0 amide bonds. The Morgan fingerprint density at radius 2 is 1.27 bits per heavy atom. The number of ether oxygens (including phenoxy) is 1. The highest BCUT2D eigenvalue weighted by atomic mass is 19.3. The second-order valence-electron chi connectivity index (χ2n) is 9.27. The van der Waals surface area contributed by atoms with Gasteiger partial charge in [-0.25, -0.2) is 13.2 Å². The highest BCUT2D eigenvalue weighted by Gasteiger charge is 2.13. The summed E-state index contributed by atoms with van der Waals surface area (Å²) in [5.41, 5.74) is 3.73. The van der Waals surface area contributed by atoms with Crippen molar-refractivity contribution in [1.29, 1.82) is 0 Å². The van der Waals surface area contributed by atoms with Crippen LogP contribution in [0.3, 0.4) is 0 Å². The molecule has 0 bridgehead atoms. The van der Waals surface area contributed by atoms with Crippen LogP contribution in [0.5, 0.6) is 5.75 Å². The molecule has 194 valence electrons. The van der Waals surface area contributed by atoms with Crippen molar-refractivity contribution in [3.63, 3.8) is 0 Å². The average Bonchev–Trinajstić information content (AvgIpc) is 2.87. The second-order valence-corrected chi connectivity index (χ2v) is 9.27. The zero-order valence-corrected chi connectivity index (χ0v) is 20.7. The zero-order valence-electron chi connectivity index (χ0n) is 20.7. The maximum absolute atomic E-state index is 15.2. The number of halogens is 5. The smallest absolute Gasteiger partial charge is 0.387 e. The molecule has 0 heterocycles. The molecule has 0 aliphatic heterocycles. The van der Waals surface area contributed by atoms with Crippen molar-refractivity contribution in [2.45, 2.75) is 58.5 Å². The third-order valence-corrected chi connectivity index (χ3v) is 6.61. The van der Waals surface area contributed by atoms with Crippen LogP contribution in [0.2, 0.25) is 0 Å². The SMILES string of the molecule is CCCCc1ccc(CCc2ccc3c(F)c(CCc4ccc(OC(F)F)c(F)c4)ccc3c2)c(F)c1. The van der Waals surface area contributed by atoms with Crippen molar-refractivity contribution in [3.05, 3.63) is 112 Å². The number of hydrogen-bond donors (Lipinski definition) is 0. The van der Waals surface area contributed by atoms with Gasteiger partial charge in [-0.1, -0.05) is 61.9 Å². The van der Waals surface area contributed by atoms with E-state index in [1.54, 1.807) is 18.2 Å². The van der Waals surface area contributed by atoms with Gasteiger partial charge in [-0.2, -0.15) is 8.78 Å². The second kappa shape index (κ2) is 12.2. The number of unbranched alkanes of at least 4 members (excludes halogenated alkanes) is 1. The molecule has 4 aromatic carbocycles. The van der Waals surface area contributed by atoms with E-state index in [0.717, 1.165) is 47.9 Å². The predicted octanol–water partition coefficient (Wildman–Crippen LogP) is 8.77. The lowest BCUT2D eigenvalue weighted by molar-refractivity contribution is -0.0522. The third kappa shape index (κ3) is 6.88. The largest absolute Gasteiger partial charge is 0.432 e. The van der Waals surface area contributed by atoms with Crippen molar-refractivity contribution in [2.75, 3.05) is 0 Å². The summed E-state index contributed by atoms with van der Waals surface area (Å²) in [5.74, 6) is -1.91. The summed E-state index contributed by atoms with van der Waals surface area (Å²) in [6.45, 7) is -0.989. The molecule has 6 heteroatoms. The lowest BCUT2D eigenvalue weighted by Gasteiger charge is -2.10. The molecule has 0 saturated carbocycles. The van der Waals surface area contributed by atoms with Gasteiger partial charge in [-0.05, 0) is 89.9 Å². The molecule has 1 nitrogen and oxygen atoms in total. The van der Waals surface area contributed by atoms with Crippen molar-refractivity contribution < 1.29 is 26.7 Å². The van der Waals surface area contributed by atoms with Gasteiger partial charge in [0.1, 0.15) is 11.6 Å². The first-order valence-electron chi connectivity index (χ1n) is 12.5. The van der Waals surface area contributed by atoms with E-state index >= 15 is 4.39 Å². The molecule has 0 unspecified atom stereocenters. The van der Waals surface area contributed by atoms with Crippen LogP contribution in [0.4, 0.5) is 22.0 Å². The normalized spacial score (nSPS) is 11.4. The van der Waals surface area contributed by atoms with E-state index in [2.05, 4.69) is 11.7 Å². The maximum Gasteiger partial charge on any atom is 0.387 e. The molecule has 0 aromatic heterocycles. The summed E-state index contributed by atoms with van der Waals surface area (Å²) in [5, 5.41) is 1.24. The molecule has 0 spiro atoms. The van der Waals surface area contributed by atoms with Gasteiger partial charge in [0.05, 0.1) is 0 Å².